The zero-order valence-corrected chi connectivity index (χ0v) is 13.2. The molecule has 2 aromatic rings. The number of aryl methyl sites for hydroxylation is 1. The molecule has 0 aliphatic rings. The van der Waals surface area contributed by atoms with Crippen LogP contribution >= 0.6 is 0 Å². The molecule has 1 atom stereocenters. The number of aromatic nitrogens is 2. The Morgan fingerprint density at radius 3 is 2.50 bits per heavy atom. The maximum absolute atomic E-state index is 12.1. The molecular weight excluding hydrogens is 314 g/mol. The summed E-state index contributed by atoms with van der Waals surface area (Å²) in [6.07, 6.45) is 0. The molecule has 0 aliphatic carbocycles. The number of carboxylic acids is 1. The molecule has 1 amide bonds. The van der Waals surface area contributed by atoms with Crippen LogP contribution in [-0.4, -0.2) is 44.0 Å². The minimum atomic E-state index is -2.14. The molecular formula is C16H17N3O5. The average Bonchev–Trinajstić information content (AvgIpc) is 2.53. The lowest BCUT2D eigenvalue weighted by atomic mass is 10.1. The van der Waals surface area contributed by atoms with Gasteiger partial charge in [-0.2, -0.15) is 5.10 Å². The zero-order chi connectivity index (χ0) is 17.9. The second-order valence-electron chi connectivity index (χ2n) is 5.51. The van der Waals surface area contributed by atoms with E-state index < -0.39 is 29.5 Å². The number of hydrogen-bond acceptors (Lipinski definition) is 5. The van der Waals surface area contributed by atoms with E-state index in [0.29, 0.717) is 11.4 Å². The van der Waals surface area contributed by atoms with Crippen molar-refractivity contribution in [3.05, 3.63) is 58.0 Å². The summed E-state index contributed by atoms with van der Waals surface area (Å²) in [7, 11) is 0. The number of aliphatic carboxylic acids is 1. The van der Waals surface area contributed by atoms with Gasteiger partial charge in [0.05, 0.1) is 12.2 Å². The molecule has 1 aromatic heterocycles. The molecule has 0 aliphatic heterocycles. The molecule has 126 valence electrons. The lowest BCUT2D eigenvalue weighted by Crippen LogP contribution is -2.47. The van der Waals surface area contributed by atoms with Crippen molar-refractivity contribution in [2.24, 2.45) is 0 Å². The third-order valence-electron chi connectivity index (χ3n) is 3.38. The van der Waals surface area contributed by atoms with E-state index in [2.05, 4.69) is 10.4 Å². The molecule has 1 unspecified atom stereocenters. The smallest absolute Gasteiger partial charge is 0.337 e. The van der Waals surface area contributed by atoms with Crippen LogP contribution in [-0.2, 0) is 4.79 Å². The fourth-order valence-electron chi connectivity index (χ4n) is 1.95. The third kappa shape index (κ3) is 3.66. The fraction of sp³-hybridized carbons (Fsp3) is 0.250. The molecule has 1 heterocycles. The molecule has 8 heteroatoms. The summed E-state index contributed by atoms with van der Waals surface area (Å²) >= 11 is 0. The largest absolute Gasteiger partial charge is 0.479 e. The topological polar surface area (TPSA) is 122 Å². The lowest BCUT2D eigenvalue weighted by molar-refractivity contribution is -0.155. The SMILES string of the molecule is Cc1cc(=O)c(C(=O)NCC(C)(O)C(=O)O)nn1-c1ccccc1. The van der Waals surface area contributed by atoms with E-state index in [1.54, 1.807) is 31.2 Å². The molecule has 0 radical (unpaired) electrons. The predicted molar refractivity (Wildman–Crippen MR) is 85.2 cm³/mol. The van der Waals surface area contributed by atoms with Gasteiger partial charge in [-0.25, -0.2) is 9.48 Å². The Bertz CT molecular complexity index is 827. The highest BCUT2D eigenvalue weighted by Gasteiger charge is 2.31. The summed E-state index contributed by atoms with van der Waals surface area (Å²) < 4.78 is 1.44. The van der Waals surface area contributed by atoms with E-state index in [4.69, 9.17) is 5.11 Å². The summed E-state index contributed by atoms with van der Waals surface area (Å²) in [4.78, 5) is 35.0. The summed E-state index contributed by atoms with van der Waals surface area (Å²) in [5.41, 5.74) is -1.90. The van der Waals surface area contributed by atoms with Crippen LogP contribution in [0.15, 0.2) is 41.2 Å². The quantitative estimate of drug-likeness (QED) is 0.715. The Kier molecular flexibility index (Phi) is 4.79. The van der Waals surface area contributed by atoms with E-state index in [0.717, 1.165) is 6.92 Å². The maximum atomic E-state index is 12.1. The molecule has 0 spiro atoms. The van der Waals surface area contributed by atoms with Crippen molar-refractivity contribution in [1.82, 2.24) is 15.1 Å². The van der Waals surface area contributed by atoms with E-state index in [9.17, 15) is 19.5 Å². The van der Waals surface area contributed by atoms with Gasteiger partial charge in [-0.1, -0.05) is 18.2 Å². The van der Waals surface area contributed by atoms with Crippen LogP contribution < -0.4 is 10.7 Å². The van der Waals surface area contributed by atoms with Crippen molar-refractivity contribution in [2.75, 3.05) is 6.54 Å². The Labute approximate surface area is 137 Å². The van der Waals surface area contributed by atoms with Crippen molar-refractivity contribution in [3.8, 4) is 5.69 Å². The average molecular weight is 331 g/mol. The third-order valence-corrected chi connectivity index (χ3v) is 3.38. The first-order valence-electron chi connectivity index (χ1n) is 7.13. The Balaban J connectivity index is 2.32. The Morgan fingerprint density at radius 1 is 1.29 bits per heavy atom. The molecule has 0 saturated heterocycles. The first kappa shape index (κ1) is 17.4. The van der Waals surface area contributed by atoms with Gasteiger partial charge in [0.25, 0.3) is 5.91 Å². The highest BCUT2D eigenvalue weighted by Crippen LogP contribution is 2.08. The fourth-order valence-corrected chi connectivity index (χ4v) is 1.95. The van der Waals surface area contributed by atoms with Crippen LogP contribution in [0.5, 0.6) is 0 Å². The maximum Gasteiger partial charge on any atom is 0.337 e. The molecule has 2 rings (SSSR count). The Morgan fingerprint density at radius 2 is 1.92 bits per heavy atom. The normalized spacial score (nSPS) is 13.1. The first-order valence-corrected chi connectivity index (χ1v) is 7.13. The van der Waals surface area contributed by atoms with Crippen molar-refractivity contribution in [1.29, 1.82) is 0 Å². The van der Waals surface area contributed by atoms with Gasteiger partial charge in [0.1, 0.15) is 0 Å². The number of hydrogen-bond donors (Lipinski definition) is 3. The summed E-state index contributed by atoms with van der Waals surface area (Å²) in [5.74, 6) is -2.34. The van der Waals surface area contributed by atoms with E-state index in [-0.39, 0.29) is 5.69 Å². The van der Waals surface area contributed by atoms with Gasteiger partial charge in [-0.3, -0.25) is 9.59 Å². The van der Waals surface area contributed by atoms with Gasteiger partial charge in [0, 0.05) is 11.8 Å². The number of aliphatic hydroxyl groups is 1. The molecule has 24 heavy (non-hydrogen) atoms. The van der Waals surface area contributed by atoms with Gasteiger partial charge >= 0.3 is 5.97 Å². The van der Waals surface area contributed by atoms with E-state index in [1.807, 2.05) is 6.07 Å². The highest BCUT2D eigenvalue weighted by molar-refractivity contribution is 5.92. The monoisotopic (exact) mass is 331 g/mol. The number of benzene rings is 1. The second kappa shape index (κ2) is 6.63. The molecule has 1 aromatic carbocycles. The summed E-state index contributed by atoms with van der Waals surface area (Å²) in [6.45, 7) is 2.17. The second-order valence-corrected chi connectivity index (χ2v) is 5.51. The predicted octanol–water partition coefficient (Wildman–Crippen LogP) is 0.106. The number of carbonyl (C=O) groups is 2. The van der Waals surface area contributed by atoms with Crippen molar-refractivity contribution in [2.45, 2.75) is 19.4 Å². The van der Waals surface area contributed by atoms with E-state index in [1.165, 1.54) is 10.7 Å². The van der Waals surface area contributed by atoms with Crippen molar-refractivity contribution in [3.63, 3.8) is 0 Å². The molecule has 8 nitrogen and oxygen atoms in total. The minimum Gasteiger partial charge on any atom is -0.479 e. The standard InChI is InChI=1S/C16H17N3O5/c1-10-8-12(20)13(14(21)17-9-16(2,24)15(22)23)18-19(10)11-6-4-3-5-7-11/h3-8,24H,9H2,1-2H3,(H,17,21)(H,22,23). The number of carbonyl (C=O) groups excluding carboxylic acids is 1. The number of carboxylic acid groups (broad SMARTS) is 1. The number of rotatable bonds is 5. The van der Waals surface area contributed by atoms with Crippen molar-refractivity contribution < 1.29 is 19.8 Å². The van der Waals surface area contributed by atoms with Gasteiger partial charge in [-0.15, -0.1) is 0 Å². The molecule has 0 fully saturated rings. The molecule has 0 saturated carbocycles. The zero-order valence-electron chi connectivity index (χ0n) is 13.2. The number of nitrogens with one attached hydrogen (secondary N) is 1. The van der Waals surface area contributed by atoms with Crippen LogP contribution in [0.4, 0.5) is 0 Å². The first-order chi connectivity index (χ1) is 11.2. The molecule has 3 N–H and O–H groups in total. The Hall–Kier alpha value is -3.00. The number of nitrogens with zero attached hydrogens (tertiary/aromatic N) is 2. The van der Waals surface area contributed by atoms with Crippen molar-refractivity contribution >= 4 is 11.9 Å². The van der Waals surface area contributed by atoms with E-state index >= 15 is 0 Å². The minimum absolute atomic E-state index is 0.384. The summed E-state index contributed by atoms with van der Waals surface area (Å²) in [6, 6.07) is 10.2. The van der Waals surface area contributed by atoms with Gasteiger partial charge in [0.15, 0.2) is 11.3 Å². The van der Waals surface area contributed by atoms with Crippen LogP contribution in [0, 0.1) is 6.92 Å². The van der Waals surface area contributed by atoms with Gasteiger partial charge in [0.2, 0.25) is 5.43 Å². The highest BCUT2D eigenvalue weighted by atomic mass is 16.4. The molecule has 0 bridgehead atoms. The number of amides is 1. The van der Waals surface area contributed by atoms with Crippen LogP contribution in [0.25, 0.3) is 5.69 Å². The van der Waals surface area contributed by atoms with Gasteiger partial charge in [-0.05, 0) is 26.0 Å². The lowest BCUT2D eigenvalue weighted by Gasteiger charge is -2.18. The van der Waals surface area contributed by atoms with Crippen LogP contribution in [0.1, 0.15) is 23.1 Å². The van der Waals surface area contributed by atoms with Crippen LogP contribution in [0.3, 0.4) is 0 Å². The van der Waals surface area contributed by atoms with Crippen LogP contribution in [0.2, 0.25) is 0 Å². The van der Waals surface area contributed by atoms with Gasteiger partial charge < -0.3 is 15.5 Å². The number of para-hydroxylation sites is 1. The summed E-state index contributed by atoms with van der Waals surface area (Å²) in [5, 5.41) is 24.7.